The van der Waals surface area contributed by atoms with Gasteiger partial charge in [0.2, 0.25) is 11.8 Å². The maximum atomic E-state index is 13.0. The third-order valence-corrected chi connectivity index (χ3v) is 5.03. The third-order valence-electron chi connectivity index (χ3n) is 5.03. The zero-order valence-electron chi connectivity index (χ0n) is 14.7. The summed E-state index contributed by atoms with van der Waals surface area (Å²) in [7, 11) is 0. The van der Waals surface area contributed by atoms with Crippen LogP contribution >= 0.6 is 0 Å². The Bertz CT molecular complexity index is 981. The lowest BCUT2D eigenvalue weighted by Gasteiger charge is -2.24. The van der Waals surface area contributed by atoms with Gasteiger partial charge in [-0.25, -0.2) is 4.39 Å². The lowest BCUT2D eigenvalue weighted by Crippen LogP contribution is -2.44. The molecule has 27 heavy (non-hydrogen) atoms. The Balaban J connectivity index is 1.46. The molecule has 138 valence electrons. The van der Waals surface area contributed by atoms with Crippen LogP contribution in [0.3, 0.4) is 0 Å². The molecule has 6 heteroatoms. The minimum atomic E-state index is -0.480. The molecule has 1 fully saturated rings. The van der Waals surface area contributed by atoms with Crippen LogP contribution in [-0.2, 0) is 22.7 Å². The molecule has 0 radical (unpaired) electrons. The number of nitrogens with zero attached hydrogens (tertiary/aromatic N) is 1. The van der Waals surface area contributed by atoms with Crippen LogP contribution < -0.4 is 5.32 Å². The Morgan fingerprint density at radius 1 is 1.19 bits per heavy atom. The summed E-state index contributed by atoms with van der Waals surface area (Å²) in [6.45, 7) is 0.711. The number of amides is 2. The van der Waals surface area contributed by atoms with Gasteiger partial charge in [0.05, 0.1) is 0 Å². The fourth-order valence-corrected chi connectivity index (χ4v) is 3.56. The fraction of sp³-hybridized carbons (Fsp3) is 0.238. The quantitative estimate of drug-likeness (QED) is 0.730. The second kappa shape index (κ2) is 7.23. The summed E-state index contributed by atoms with van der Waals surface area (Å²) in [5, 5.41) is 3.92. The first-order chi connectivity index (χ1) is 13.1. The summed E-state index contributed by atoms with van der Waals surface area (Å²) in [4.78, 5) is 29.9. The Morgan fingerprint density at radius 2 is 1.96 bits per heavy atom. The first-order valence-electron chi connectivity index (χ1n) is 8.98. The van der Waals surface area contributed by atoms with E-state index in [1.165, 1.54) is 12.1 Å². The fourth-order valence-electron chi connectivity index (χ4n) is 3.56. The third kappa shape index (κ3) is 3.56. The topological polar surface area (TPSA) is 65.2 Å². The van der Waals surface area contributed by atoms with Crippen LogP contribution in [0.25, 0.3) is 10.9 Å². The van der Waals surface area contributed by atoms with Gasteiger partial charge in [-0.2, -0.15) is 0 Å². The molecule has 0 spiro atoms. The number of carbonyl (C=O) groups excluding carboxylic acids is 2. The summed E-state index contributed by atoms with van der Waals surface area (Å²) in [6.07, 6.45) is 2.77. The smallest absolute Gasteiger partial charge is 0.243 e. The summed E-state index contributed by atoms with van der Waals surface area (Å²) in [6, 6.07) is 13.4. The number of H-pyrrole nitrogens is 1. The normalized spacial score (nSPS) is 16.9. The van der Waals surface area contributed by atoms with Crippen molar-refractivity contribution in [3.63, 3.8) is 0 Å². The molecule has 1 aliphatic heterocycles. The Kier molecular flexibility index (Phi) is 4.62. The van der Waals surface area contributed by atoms with Crippen molar-refractivity contribution in [1.82, 2.24) is 15.2 Å². The number of aromatic amines is 1. The highest BCUT2D eigenvalue weighted by Crippen LogP contribution is 2.25. The van der Waals surface area contributed by atoms with Crippen molar-refractivity contribution in [2.75, 3.05) is 0 Å². The van der Waals surface area contributed by atoms with Gasteiger partial charge < -0.3 is 15.2 Å². The molecule has 2 aromatic carbocycles. The highest BCUT2D eigenvalue weighted by Gasteiger charge is 2.36. The number of likely N-dealkylation sites (tertiary alicyclic amines) is 1. The van der Waals surface area contributed by atoms with Crippen molar-refractivity contribution in [2.45, 2.75) is 32.0 Å². The molecular formula is C21H20FN3O2. The average Bonchev–Trinajstić information content (AvgIpc) is 3.26. The average molecular weight is 365 g/mol. The first kappa shape index (κ1) is 17.3. The molecule has 0 saturated carbocycles. The number of carbonyl (C=O) groups is 2. The van der Waals surface area contributed by atoms with Gasteiger partial charge in [-0.1, -0.05) is 30.3 Å². The van der Waals surface area contributed by atoms with Crippen LogP contribution in [0.4, 0.5) is 4.39 Å². The second-order valence-corrected chi connectivity index (χ2v) is 6.78. The molecule has 2 heterocycles. The molecule has 0 aliphatic carbocycles. The molecule has 4 rings (SSSR count). The van der Waals surface area contributed by atoms with Crippen molar-refractivity contribution < 1.29 is 14.0 Å². The lowest BCUT2D eigenvalue weighted by atomic mass is 10.1. The van der Waals surface area contributed by atoms with Crippen LogP contribution in [0.5, 0.6) is 0 Å². The van der Waals surface area contributed by atoms with Gasteiger partial charge in [-0.15, -0.1) is 0 Å². The summed E-state index contributed by atoms with van der Waals surface area (Å²) in [5.41, 5.74) is 2.82. The van der Waals surface area contributed by atoms with Crippen molar-refractivity contribution in [2.24, 2.45) is 0 Å². The van der Waals surface area contributed by atoms with Crippen molar-refractivity contribution in [1.29, 1.82) is 0 Å². The molecule has 1 aromatic heterocycles. The van der Waals surface area contributed by atoms with E-state index in [-0.39, 0.29) is 17.6 Å². The molecule has 2 N–H and O–H groups in total. The Labute approximate surface area is 156 Å². The zero-order valence-corrected chi connectivity index (χ0v) is 14.7. The highest BCUT2D eigenvalue weighted by molar-refractivity contribution is 5.91. The predicted molar refractivity (Wildman–Crippen MR) is 100 cm³/mol. The predicted octanol–water partition coefficient (Wildman–Crippen LogP) is 3.11. The Hall–Kier alpha value is -3.15. The minimum absolute atomic E-state index is 0.0118. The van der Waals surface area contributed by atoms with E-state index in [1.54, 1.807) is 17.0 Å². The second-order valence-electron chi connectivity index (χ2n) is 6.78. The number of rotatable bonds is 5. The number of nitrogens with one attached hydrogen (secondary N) is 2. The molecule has 3 aromatic rings. The van der Waals surface area contributed by atoms with E-state index in [1.807, 2.05) is 30.5 Å². The monoisotopic (exact) mass is 365 g/mol. The van der Waals surface area contributed by atoms with Crippen molar-refractivity contribution in [3.05, 3.63) is 71.7 Å². The largest absolute Gasteiger partial charge is 0.361 e. The molecule has 1 unspecified atom stereocenters. The van der Waals surface area contributed by atoms with E-state index in [0.29, 0.717) is 25.9 Å². The van der Waals surface area contributed by atoms with Crippen LogP contribution in [-0.4, -0.2) is 27.7 Å². The van der Waals surface area contributed by atoms with Gasteiger partial charge in [0.25, 0.3) is 0 Å². The van der Waals surface area contributed by atoms with E-state index < -0.39 is 6.04 Å². The molecule has 5 nitrogen and oxygen atoms in total. The van der Waals surface area contributed by atoms with Gasteiger partial charge in [-0.3, -0.25) is 9.59 Å². The first-order valence-corrected chi connectivity index (χ1v) is 8.98. The van der Waals surface area contributed by atoms with E-state index in [9.17, 15) is 14.0 Å². The summed E-state index contributed by atoms with van der Waals surface area (Å²) >= 11 is 0. The molecule has 1 saturated heterocycles. The molecule has 1 atom stereocenters. The number of halogens is 1. The van der Waals surface area contributed by atoms with E-state index in [0.717, 1.165) is 22.0 Å². The van der Waals surface area contributed by atoms with E-state index >= 15 is 0 Å². The number of para-hydroxylation sites is 1. The van der Waals surface area contributed by atoms with Crippen LogP contribution in [0.2, 0.25) is 0 Å². The maximum absolute atomic E-state index is 13.0. The van der Waals surface area contributed by atoms with Gasteiger partial charge in [0.15, 0.2) is 0 Å². The minimum Gasteiger partial charge on any atom is -0.361 e. The summed E-state index contributed by atoms with van der Waals surface area (Å²) < 4.78 is 13.0. The molecular weight excluding hydrogens is 345 g/mol. The number of hydrogen-bond acceptors (Lipinski definition) is 2. The zero-order chi connectivity index (χ0) is 18.8. The molecule has 0 bridgehead atoms. The maximum Gasteiger partial charge on any atom is 0.243 e. The van der Waals surface area contributed by atoms with Gasteiger partial charge in [0.1, 0.15) is 11.9 Å². The van der Waals surface area contributed by atoms with Gasteiger partial charge in [0, 0.05) is 36.6 Å². The Morgan fingerprint density at radius 3 is 2.78 bits per heavy atom. The van der Waals surface area contributed by atoms with Gasteiger partial charge in [-0.05, 0) is 35.7 Å². The van der Waals surface area contributed by atoms with Crippen molar-refractivity contribution in [3.8, 4) is 0 Å². The van der Waals surface area contributed by atoms with E-state index in [2.05, 4.69) is 10.3 Å². The molecule has 2 amide bonds. The van der Waals surface area contributed by atoms with Crippen LogP contribution in [0, 0.1) is 5.82 Å². The lowest BCUT2D eigenvalue weighted by molar-refractivity contribution is -0.135. The SMILES string of the molecule is O=C(NCc1ccc(F)cc1)C1CCC(=O)N1Cc1c[nH]c2ccccc12. The number of benzene rings is 2. The van der Waals surface area contributed by atoms with Gasteiger partial charge >= 0.3 is 0 Å². The summed E-state index contributed by atoms with van der Waals surface area (Å²) in [5.74, 6) is -0.497. The number of aromatic nitrogens is 1. The van der Waals surface area contributed by atoms with Crippen LogP contribution in [0.1, 0.15) is 24.0 Å². The number of hydrogen-bond donors (Lipinski definition) is 2. The van der Waals surface area contributed by atoms with Crippen molar-refractivity contribution >= 4 is 22.7 Å². The molecule has 1 aliphatic rings. The highest BCUT2D eigenvalue weighted by atomic mass is 19.1. The van der Waals surface area contributed by atoms with Crippen LogP contribution in [0.15, 0.2) is 54.7 Å². The number of fused-ring (bicyclic) bond motifs is 1. The van der Waals surface area contributed by atoms with E-state index in [4.69, 9.17) is 0 Å². The standard InChI is InChI=1S/C21H20FN3O2/c22-16-7-5-14(6-8-16)11-24-21(27)19-9-10-20(26)25(19)13-15-12-23-18-4-2-1-3-17(15)18/h1-8,12,19,23H,9-11,13H2,(H,24,27).